The standard InChI is InChI=1S/C15H28N2O2S/c18-20(19)11-5-14(6-12-20)17-10-4-9-16-15(13-17)7-2-1-3-8-15/h14,16H,1-13H2. The zero-order chi connectivity index (χ0) is 14.1. The van der Waals surface area contributed by atoms with E-state index in [2.05, 4.69) is 10.2 Å². The molecule has 0 bridgehead atoms. The average Bonchev–Trinajstić information content (AvgIpc) is 2.63. The molecule has 5 heteroatoms. The smallest absolute Gasteiger partial charge is 0.150 e. The maximum atomic E-state index is 11.6. The Morgan fingerprint density at radius 2 is 1.70 bits per heavy atom. The molecule has 2 saturated heterocycles. The van der Waals surface area contributed by atoms with Crippen LogP contribution in [0.25, 0.3) is 0 Å². The van der Waals surface area contributed by atoms with Gasteiger partial charge in [0.1, 0.15) is 9.84 Å². The van der Waals surface area contributed by atoms with Crippen LogP contribution in [0.4, 0.5) is 0 Å². The quantitative estimate of drug-likeness (QED) is 0.798. The lowest BCUT2D eigenvalue weighted by atomic mass is 9.81. The van der Waals surface area contributed by atoms with Gasteiger partial charge < -0.3 is 5.32 Å². The van der Waals surface area contributed by atoms with Crippen LogP contribution in [0.3, 0.4) is 0 Å². The summed E-state index contributed by atoms with van der Waals surface area (Å²) in [5.74, 6) is 0.795. The second kappa shape index (κ2) is 5.93. The number of hydrogen-bond donors (Lipinski definition) is 1. The van der Waals surface area contributed by atoms with E-state index >= 15 is 0 Å². The van der Waals surface area contributed by atoms with Gasteiger partial charge in [0.25, 0.3) is 0 Å². The van der Waals surface area contributed by atoms with Gasteiger partial charge in [0.15, 0.2) is 0 Å². The lowest BCUT2D eigenvalue weighted by Gasteiger charge is -2.43. The largest absolute Gasteiger partial charge is 0.310 e. The molecule has 2 heterocycles. The molecule has 0 aromatic carbocycles. The fourth-order valence-electron chi connectivity index (χ4n) is 4.28. The van der Waals surface area contributed by atoms with E-state index in [0.717, 1.165) is 32.5 Å². The van der Waals surface area contributed by atoms with Crippen LogP contribution in [0.2, 0.25) is 0 Å². The third-order valence-corrected chi connectivity index (χ3v) is 7.19. The number of nitrogens with zero attached hydrogens (tertiary/aromatic N) is 1. The van der Waals surface area contributed by atoms with Crippen molar-refractivity contribution in [2.75, 3.05) is 31.1 Å². The normalized spacial score (nSPS) is 32.0. The Hall–Kier alpha value is -0.130. The molecule has 0 aromatic heterocycles. The number of rotatable bonds is 1. The van der Waals surface area contributed by atoms with Gasteiger partial charge in [0.05, 0.1) is 11.5 Å². The summed E-state index contributed by atoms with van der Waals surface area (Å²) in [5, 5.41) is 3.82. The maximum Gasteiger partial charge on any atom is 0.150 e. The third kappa shape index (κ3) is 3.37. The molecule has 1 saturated carbocycles. The minimum Gasteiger partial charge on any atom is -0.310 e. The Kier molecular flexibility index (Phi) is 4.39. The second-order valence-corrected chi connectivity index (χ2v) is 9.28. The molecule has 0 unspecified atom stereocenters. The van der Waals surface area contributed by atoms with Gasteiger partial charge in [0, 0.05) is 18.1 Å². The highest BCUT2D eigenvalue weighted by molar-refractivity contribution is 7.91. The molecule has 0 atom stereocenters. The predicted octanol–water partition coefficient (Wildman–Crippen LogP) is 1.56. The van der Waals surface area contributed by atoms with Gasteiger partial charge in [-0.2, -0.15) is 0 Å². The van der Waals surface area contributed by atoms with Gasteiger partial charge in [-0.15, -0.1) is 0 Å². The number of hydrogen-bond acceptors (Lipinski definition) is 4. The van der Waals surface area contributed by atoms with Crippen LogP contribution in [0.1, 0.15) is 51.4 Å². The molecular formula is C15H28N2O2S. The van der Waals surface area contributed by atoms with Crippen molar-refractivity contribution in [1.82, 2.24) is 10.2 Å². The van der Waals surface area contributed by atoms with E-state index in [-0.39, 0.29) is 0 Å². The Labute approximate surface area is 123 Å². The van der Waals surface area contributed by atoms with Crippen molar-refractivity contribution < 1.29 is 8.42 Å². The van der Waals surface area contributed by atoms with Crippen molar-refractivity contribution in [2.24, 2.45) is 0 Å². The van der Waals surface area contributed by atoms with Crippen LogP contribution in [-0.2, 0) is 9.84 Å². The first-order valence-electron chi connectivity index (χ1n) is 8.28. The monoisotopic (exact) mass is 300 g/mol. The van der Waals surface area contributed by atoms with Crippen LogP contribution in [0.5, 0.6) is 0 Å². The van der Waals surface area contributed by atoms with Crippen molar-refractivity contribution in [1.29, 1.82) is 0 Å². The summed E-state index contributed by atoms with van der Waals surface area (Å²) < 4.78 is 23.2. The molecular weight excluding hydrogens is 272 g/mol. The molecule has 4 nitrogen and oxygen atoms in total. The molecule has 3 fully saturated rings. The Balaban J connectivity index is 1.66. The van der Waals surface area contributed by atoms with Crippen molar-refractivity contribution in [3.05, 3.63) is 0 Å². The molecule has 3 aliphatic rings. The molecule has 3 rings (SSSR count). The highest BCUT2D eigenvalue weighted by Gasteiger charge is 2.38. The summed E-state index contributed by atoms with van der Waals surface area (Å²) in [6.07, 6.45) is 9.57. The first-order valence-corrected chi connectivity index (χ1v) is 10.1. The van der Waals surface area contributed by atoms with E-state index in [1.807, 2.05) is 0 Å². The Morgan fingerprint density at radius 3 is 2.40 bits per heavy atom. The first-order chi connectivity index (χ1) is 9.59. The molecule has 0 amide bonds. The van der Waals surface area contributed by atoms with Gasteiger partial charge >= 0.3 is 0 Å². The van der Waals surface area contributed by atoms with Gasteiger partial charge in [0.2, 0.25) is 0 Å². The second-order valence-electron chi connectivity index (χ2n) is 6.97. The van der Waals surface area contributed by atoms with Crippen molar-refractivity contribution in [3.63, 3.8) is 0 Å². The van der Waals surface area contributed by atoms with Crippen LogP contribution in [0, 0.1) is 0 Å². The SMILES string of the molecule is O=S1(=O)CCC(N2CCCNC3(CCCCC3)C2)CC1. The first kappa shape index (κ1) is 14.8. The van der Waals surface area contributed by atoms with E-state index in [9.17, 15) is 8.42 Å². The van der Waals surface area contributed by atoms with Crippen LogP contribution >= 0.6 is 0 Å². The van der Waals surface area contributed by atoms with Gasteiger partial charge in [-0.25, -0.2) is 8.42 Å². The fraction of sp³-hybridized carbons (Fsp3) is 1.00. The summed E-state index contributed by atoms with van der Waals surface area (Å²) >= 11 is 0. The zero-order valence-corrected chi connectivity index (χ0v) is 13.3. The van der Waals surface area contributed by atoms with Gasteiger partial charge in [-0.05, 0) is 45.2 Å². The van der Waals surface area contributed by atoms with Crippen LogP contribution < -0.4 is 5.32 Å². The van der Waals surface area contributed by atoms with E-state index in [4.69, 9.17) is 0 Å². The summed E-state index contributed by atoms with van der Waals surface area (Å²) in [6, 6.07) is 0.497. The zero-order valence-electron chi connectivity index (χ0n) is 12.4. The molecule has 1 N–H and O–H groups in total. The van der Waals surface area contributed by atoms with Crippen molar-refractivity contribution in [3.8, 4) is 0 Å². The average molecular weight is 300 g/mol. The lowest BCUT2D eigenvalue weighted by Crippen LogP contribution is -2.55. The molecule has 0 aromatic rings. The predicted molar refractivity (Wildman–Crippen MR) is 81.7 cm³/mol. The van der Waals surface area contributed by atoms with Crippen molar-refractivity contribution >= 4 is 9.84 Å². The highest BCUT2D eigenvalue weighted by Crippen LogP contribution is 2.32. The van der Waals surface area contributed by atoms with E-state index < -0.39 is 9.84 Å². The number of nitrogens with one attached hydrogen (secondary N) is 1. The molecule has 20 heavy (non-hydrogen) atoms. The van der Waals surface area contributed by atoms with E-state index in [0.29, 0.717) is 23.1 Å². The van der Waals surface area contributed by atoms with E-state index in [1.54, 1.807) is 0 Å². The molecule has 1 aliphatic carbocycles. The fourth-order valence-corrected chi connectivity index (χ4v) is 5.74. The minimum atomic E-state index is -2.74. The molecule has 1 spiro atoms. The van der Waals surface area contributed by atoms with Gasteiger partial charge in [-0.1, -0.05) is 19.3 Å². The summed E-state index contributed by atoms with van der Waals surface area (Å²) in [4.78, 5) is 2.61. The molecule has 2 aliphatic heterocycles. The topological polar surface area (TPSA) is 49.4 Å². The number of sulfone groups is 1. The summed E-state index contributed by atoms with van der Waals surface area (Å²) in [7, 11) is -2.74. The lowest BCUT2D eigenvalue weighted by molar-refractivity contribution is 0.121. The Morgan fingerprint density at radius 1 is 1.00 bits per heavy atom. The Bertz CT molecular complexity index is 415. The van der Waals surface area contributed by atoms with E-state index in [1.165, 1.54) is 38.5 Å². The van der Waals surface area contributed by atoms with Crippen LogP contribution in [0.15, 0.2) is 0 Å². The third-order valence-electron chi connectivity index (χ3n) is 5.48. The maximum absolute atomic E-state index is 11.6. The highest BCUT2D eigenvalue weighted by atomic mass is 32.2. The van der Waals surface area contributed by atoms with Crippen LogP contribution in [-0.4, -0.2) is 56.0 Å². The van der Waals surface area contributed by atoms with Crippen molar-refractivity contribution in [2.45, 2.75) is 62.9 Å². The molecule has 0 radical (unpaired) electrons. The summed E-state index contributed by atoms with van der Waals surface area (Å²) in [6.45, 7) is 3.40. The minimum absolute atomic E-state index is 0.324. The molecule has 116 valence electrons. The van der Waals surface area contributed by atoms with Gasteiger partial charge in [-0.3, -0.25) is 4.90 Å². The summed E-state index contributed by atoms with van der Waals surface area (Å²) in [5.41, 5.74) is 0.324.